The van der Waals surface area contributed by atoms with Gasteiger partial charge in [-0.2, -0.15) is 0 Å². The highest BCUT2D eigenvalue weighted by atomic mass is 19.4. The second-order valence-electron chi connectivity index (χ2n) is 4.18. The van der Waals surface area contributed by atoms with E-state index in [1.807, 2.05) is 0 Å². The number of benzene rings is 2. The molecule has 8 heteroatoms. The molecule has 0 spiro atoms. The molecule has 0 atom stereocenters. The van der Waals surface area contributed by atoms with Gasteiger partial charge in [0.1, 0.15) is 23.1 Å². The van der Waals surface area contributed by atoms with Gasteiger partial charge in [0.15, 0.2) is 6.29 Å². The minimum atomic E-state index is -4.83. The van der Waals surface area contributed by atoms with Crippen molar-refractivity contribution in [3.63, 3.8) is 0 Å². The number of aliphatic hydroxyl groups is 2. The molecule has 2 aromatic carbocycles. The second kappa shape index (κ2) is 6.20. The van der Waals surface area contributed by atoms with E-state index in [0.29, 0.717) is 0 Å². The molecule has 22 heavy (non-hydrogen) atoms. The summed E-state index contributed by atoms with van der Waals surface area (Å²) in [5.74, 6) is -1.42. The zero-order valence-corrected chi connectivity index (χ0v) is 10.8. The Hall–Kier alpha value is -2.32. The summed E-state index contributed by atoms with van der Waals surface area (Å²) in [6.07, 6.45) is -6.80. The van der Waals surface area contributed by atoms with E-state index in [2.05, 4.69) is 4.74 Å². The molecule has 0 amide bonds. The molecule has 118 valence electrons. The van der Waals surface area contributed by atoms with Gasteiger partial charge in [0.05, 0.1) is 0 Å². The molecular weight excluding hydrogens is 308 g/mol. The average molecular weight is 318 g/mol. The van der Waals surface area contributed by atoms with Crippen molar-refractivity contribution in [2.45, 2.75) is 12.7 Å². The summed E-state index contributed by atoms with van der Waals surface area (Å²) in [6, 6.07) is 7.92. The SMILES string of the molecule is OC(O)c1ccc(Oc2cccc(OC(F)(F)F)c2)cc1F. The number of aliphatic hydroxyl groups excluding tert-OH is 1. The molecule has 0 unspecified atom stereocenters. The quantitative estimate of drug-likeness (QED) is 0.669. The molecule has 2 N–H and O–H groups in total. The van der Waals surface area contributed by atoms with Crippen LogP contribution in [0.5, 0.6) is 17.2 Å². The third kappa shape index (κ3) is 4.34. The van der Waals surface area contributed by atoms with Gasteiger partial charge < -0.3 is 19.7 Å². The normalized spacial score (nSPS) is 11.6. The Morgan fingerprint density at radius 1 is 0.909 bits per heavy atom. The van der Waals surface area contributed by atoms with Gasteiger partial charge >= 0.3 is 6.36 Å². The summed E-state index contributed by atoms with van der Waals surface area (Å²) in [6.45, 7) is 0. The smallest absolute Gasteiger partial charge is 0.457 e. The fourth-order valence-corrected chi connectivity index (χ4v) is 1.65. The van der Waals surface area contributed by atoms with Crippen molar-refractivity contribution in [3.05, 3.63) is 53.8 Å². The van der Waals surface area contributed by atoms with E-state index in [4.69, 9.17) is 14.9 Å². The molecule has 0 fully saturated rings. The minimum Gasteiger partial charge on any atom is -0.457 e. The van der Waals surface area contributed by atoms with Gasteiger partial charge in [-0.15, -0.1) is 13.2 Å². The van der Waals surface area contributed by atoms with Gasteiger partial charge in [-0.05, 0) is 24.3 Å². The van der Waals surface area contributed by atoms with Crippen LogP contribution < -0.4 is 9.47 Å². The largest absolute Gasteiger partial charge is 0.573 e. The highest BCUT2D eigenvalue weighted by molar-refractivity contribution is 5.38. The maximum absolute atomic E-state index is 13.5. The van der Waals surface area contributed by atoms with E-state index in [1.54, 1.807) is 0 Å². The van der Waals surface area contributed by atoms with Gasteiger partial charge in [0.2, 0.25) is 0 Å². The molecular formula is C14H10F4O4. The molecule has 0 aliphatic carbocycles. The zero-order valence-electron chi connectivity index (χ0n) is 10.8. The van der Waals surface area contributed by atoms with Crippen molar-refractivity contribution >= 4 is 0 Å². The predicted molar refractivity (Wildman–Crippen MR) is 66.8 cm³/mol. The van der Waals surface area contributed by atoms with Crippen molar-refractivity contribution in [2.75, 3.05) is 0 Å². The van der Waals surface area contributed by atoms with Crippen molar-refractivity contribution in [2.24, 2.45) is 0 Å². The van der Waals surface area contributed by atoms with Crippen LogP contribution in [-0.4, -0.2) is 16.6 Å². The van der Waals surface area contributed by atoms with Crippen LogP contribution in [0.15, 0.2) is 42.5 Å². The standard InChI is InChI=1S/C14H10F4O4/c15-12-7-9(4-5-11(12)13(19)20)21-8-2-1-3-10(6-8)22-14(16,17)18/h1-7,13,19-20H. The van der Waals surface area contributed by atoms with Crippen molar-refractivity contribution in [1.82, 2.24) is 0 Å². The van der Waals surface area contributed by atoms with E-state index in [0.717, 1.165) is 24.3 Å². The van der Waals surface area contributed by atoms with Crippen LogP contribution in [0.25, 0.3) is 0 Å². The Kier molecular flexibility index (Phi) is 4.53. The van der Waals surface area contributed by atoms with Crippen LogP contribution in [0.4, 0.5) is 17.6 Å². The van der Waals surface area contributed by atoms with Gasteiger partial charge in [-0.3, -0.25) is 0 Å². The second-order valence-corrected chi connectivity index (χ2v) is 4.18. The first kappa shape index (κ1) is 16.1. The summed E-state index contributed by atoms with van der Waals surface area (Å²) >= 11 is 0. The lowest BCUT2D eigenvalue weighted by Gasteiger charge is -2.11. The van der Waals surface area contributed by atoms with Crippen LogP contribution >= 0.6 is 0 Å². The Morgan fingerprint density at radius 3 is 2.14 bits per heavy atom. The maximum Gasteiger partial charge on any atom is 0.573 e. The van der Waals surface area contributed by atoms with Crippen molar-refractivity contribution < 1.29 is 37.2 Å². The first-order chi connectivity index (χ1) is 10.2. The first-order valence-corrected chi connectivity index (χ1v) is 5.94. The lowest BCUT2D eigenvalue weighted by atomic mass is 10.2. The lowest BCUT2D eigenvalue weighted by Crippen LogP contribution is -2.17. The Balaban J connectivity index is 2.17. The molecule has 0 aromatic heterocycles. The molecule has 0 bridgehead atoms. The van der Waals surface area contributed by atoms with Gasteiger partial charge in [0.25, 0.3) is 0 Å². The minimum absolute atomic E-state index is 0.00144. The number of rotatable bonds is 4. The summed E-state index contributed by atoms with van der Waals surface area (Å²) in [7, 11) is 0. The number of ether oxygens (including phenoxy) is 2. The van der Waals surface area contributed by atoms with Gasteiger partial charge in [0, 0.05) is 17.7 Å². The molecule has 0 saturated heterocycles. The number of alkyl halides is 3. The van der Waals surface area contributed by atoms with Crippen LogP contribution in [-0.2, 0) is 0 Å². The Bertz CT molecular complexity index is 656. The highest BCUT2D eigenvalue weighted by Gasteiger charge is 2.31. The van der Waals surface area contributed by atoms with E-state index in [9.17, 15) is 17.6 Å². The van der Waals surface area contributed by atoms with E-state index in [-0.39, 0.29) is 17.1 Å². The van der Waals surface area contributed by atoms with Crippen LogP contribution in [0.1, 0.15) is 11.9 Å². The number of halogens is 4. The third-order valence-corrected chi connectivity index (χ3v) is 2.52. The molecule has 0 heterocycles. The first-order valence-electron chi connectivity index (χ1n) is 5.94. The molecule has 4 nitrogen and oxygen atoms in total. The monoisotopic (exact) mass is 318 g/mol. The summed E-state index contributed by atoms with van der Waals surface area (Å²) < 4.78 is 58.8. The van der Waals surface area contributed by atoms with E-state index >= 15 is 0 Å². The summed E-state index contributed by atoms with van der Waals surface area (Å²) in [4.78, 5) is 0. The molecule has 0 aliphatic rings. The van der Waals surface area contributed by atoms with E-state index < -0.39 is 24.2 Å². The molecule has 0 radical (unpaired) electrons. The topological polar surface area (TPSA) is 58.9 Å². The molecule has 0 aliphatic heterocycles. The van der Waals surface area contributed by atoms with Crippen molar-refractivity contribution in [3.8, 4) is 17.2 Å². The van der Waals surface area contributed by atoms with Gasteiger partial charge in [-0.25, -0.2) is 4.39 Å². The average Bonchev–Trinajstić information content (AvgIpc) is 2.36. The maximum atomic E-state index is 13.5. The number of hydrogen-bond acceptors (Lipinski definition) is 4. The molecule has 0 saturated carbocycles. The number of hydrogen-bond donors (Lipinski definition) is 2. The van der Waals surface area contributed by atoms with Crippen molar-refractivity contribution in [1.29, 1.82) is 0 Å². The third-order valence-electron chi connectivity index (χ3n) is 2.52. The highest BCUT2D eigenvalue weighted by Crippen LogP contribution is 2.30. The predicted octanol–water partition coefficient (Wildman–Crippen LogP) is 3.50. The molecule has 2 aromatic rings. The van der Waals surface area contributed by atoms with Crippen LogP contribution in [0.3, 0.4) is 0 Å². The zero-order chi connectivity index (χ0) is 16.3. The summed E-state index contributed by atoms with van der Waals surface area (Å²) in [5.41, 5.74) is -0.346. The van der Waals surface area contributed by atoms with Gasteiger partial charge in [-0.1, -0.05) is 6.07 Å². The van der Waals surface area contributed by atoms with E-state index in [1.165, 1.54) is 18.2 Å². The van der Waals surface area contributed by atoms with Crippen LogP contribution in [0, 0.1) is 5.82 Å². The Morgan fingerprint density at radius 2 is 1.55 bits per heavy atom. The summed E-state index contributed by atoms with van der Waals surface area (Å²) in [5, 5.41) is 17.8. The Labute approximate surface area is 122 Å². The lowest BCUT2D eigenvalue weighted by molar-refractivity contribution is -0.274. The fourth-order valence-electron chi connectivity index (χ4n) is 1.65. The van der Waals surface area contributed by atoms with Crippen LogP contribution in [0.2, 0.25) is 0 Å². The fraction of sp³-hybridized carbons (Fsp3) is 0.143. The molecule has 2 rings (SSSR count).